The number of thioether (sulfide) groups is 1. The fourth-order valence-corrected chi connectivity index (χ4v) is 3.99. The number of aromatic hydroxyl groups is 1. The molecule has 0 radical (unpaired) electrons. The number of rotatable bonds is 6. The highest BCUT2D eigenvalue weighted by Gasteiger charge is 2.41. The van der Waals surface area contributed by atoms with Gasteiger partial charge < -0.3 is 10.1 Å². The van der Waals surface area contributed by atoms with Crippen LogP contribution in [-0.4, -0.2) is 32.1 Å². The van der Waals surface area contributed by atoms with Crippen molar-refractivity contribution in [1.29, 1.82) is 0 Å². The molecule has 1 fully saturated rings. The van der Waals surface area contributed by atoms with E-state index in [1.165, 1.54) is 12.1 Å². The van der Waals surface area contributed by atoms with Gasteiger partial charge >= 0.3 is 0 Å². The zero-order chi connectivity index (χ0) is 20.4. The van der Waals surface area contributed by atoms with E-state index in [1.54, 1.807) is 0 Å². The molecule has 1 aromatic carbocycles. The maximum absolute atomic E-state index is 13.3. The maximum atomic E-state index is 13.3. The van der Waals surface area contributed by atoms with Crippen LogP contribution in [-0.2, 0) is 16.0 Å². The Bertz CT molecular complexity index is 997. The summed E-state index contributed by atoms with van der Waals surface area (Å²) in [6, 6.07) is 3.57. The lowest BCUT2D eigenvalue weighted by Crippen LogP contribution is -2.31. The number of aromatic amines is 1. The fourth-order valence-electron chi connectivity index (χ4n) is 2.83. The number of imide groups is 1. The maximum Gasteiger partial charge on any atom is 0.258 e. The number of hydrogen-bond acceptors (Lipinski definition) is 6. The van der Waals surface area contributed by atoms with Crippen molar-refractivity contribution in [2.24, 2.45) is 0 Å². The molecule has 2 amide bonds. The van der Waals surface area contributed by atoms with Crippen LogP contribution in [0.5, 0.6) is 5.88 Å². The van der Waals surface area contributed by atoms with Crippen molar-refractivity contribution in [3.8, 4) is 5.88 Å². The smallest absolute Gasteiger partial charge is 0.258 e. The van der Waals surface area contributed by atoms with Crippen LogP contribution < -0.4 is 10.5 Å². The van der Waals surface area contributed by atoms with Gasteiger partial charge in [0.1, 0.15) is 11.1 Å². The van der Waals surface area contributed by atoms with Crippen molar-refractivity contribution in [1.82, 2.24) is 9.97 Å². The Morgan fingerprint density at radius 3 is 2.79 bits per heavy atom. The van der Waals surface area contributed by atoms with Crippen molar-refractivity contribution >= 4 is 40.9 Å². The van der Waals surface area contributed by atoms with Gasteiger partial charge in [-0.3, -0.25) is 14.4 Å². The number of carbonyl (C=O) groups excluding carboxylic acids is 2. The number of nitrogens with one attached hydrogen (secondary N) is 1. The summed E-state index contributed by atoms with van der Waals surface area (Å²) in [5.41, 5.74) is -0.103. The van der Waals surface area contributed by atoms with Gasteiger partial charge in [-0.05, 0) is 31.0 Å². The molecule has 1 aliphatic rings. The van der Waals surface area contributed by atoms with Crippen molar-refractivity contribution in [2.75, 3.05) is 4.90 Å². The third kappa shape index (κ3) is 4.05. The summed E-state index contributed by atoms with van der Waals surface area (Å²) in [6.45, 7) is 1.96. The molecule has 2 aromatic rings. The van der Waals surface area contributed by atoms with Crippen molar-refractivity contribution in [3.63, 3.8) is 0 Å². The van der Waals surface area contributed by atoms with Gasteiger partial charge in [0.05, 0.1) is 16.3 Å². The Kier molecular flexibility index (Phi) is 6.04. The third-order valence-corrected chi connectivity index (χ3v) is 5.63. The van der Waals surface area contributed by atoms with Crippen LogP contribution in [0.25, 0.3) is 0 Å². The number of carbonyl (C=O) groups is 2. The predicted molar refractivity (Wildman–Crippen MR) is 103 cm³/mol. The van der Waals surface area contributed by atoms with Gasteiger partial charge in [0, 0.05) is 6.42 Å². The van der Waals surface area contributed by atoms with Gasteiger partial charge in [-0.1, -0.05) is 36.7 Å². The molecule has 28 heavy (non-hydrogen) atoms. The molecule has 148 valence electrons. The minimum Gasteiger partial charge on any atom is -0.493 e. The molecule has 10 heteroatoms. The quantitative estimate of drug-likeness (QED) is 0.544. The average Bonchev–Trinajstić information content (AvgIpc) is 2.90. The molecule has 1 aromatic heterocycles. The lowest BCUT2D eigenvalue weighted by molar-refractivity contribution is -0.121. The third-order valence-electron chi connectivity index (χ3n) is 4.27. The van der Waals surface area contributed by atoms with E-state index in [9.17, 15) is 23.9 Å². The largest absolute Gasteiger partial charge is 0.493 e. The van der Waals surface area contributed by atoms with Gasteiger partial charge in [0.15, 0.2) is 5.16 Å². The Labute approximate surface area is 168 Å². The number of halogens is 2. The molecule has 2 heterocycles. The summed E-state index contributed by atoms with van der Waals surface area (Å²) in [6.07, 6.45) is 1.86. The van der Waals surface area contributed by atoms with Gasteiger partial charge in [-0.15, -0.1) is 0 Å². The topological polar surface area (TPSA) is 103 Å². The minimum atomic E-state index is -0.833. The molecule has 7 nitrogen and oxygen atoms in total. The summed E-state index contributed by atoms with van der Waals surface area (Å²) in [5, 5.41) is 9.04. The highest BCUT2D eigenvalue weighted by Crippen LogP contribution is 2.34. The summed E-state index contributed by atoms with van der Waals surface area (Å²) in [7, 11) is 0. The van der Waals surface area contributed by atoms with Crippen LogP contribution in [0, 0.1) is 5.82 Å². The molecule has 1 aliphatic heterocycles. The number of aromatic nitrogens is 2. The monoisotopic (exact) mass is 425 g/mol. The standard InChI is InChI=1S/C18H17ClFN3O4S/c1-2-3-4-10-15(25)21-18(22-16(10)26)28-13-8-14(24)23(17(13)27)9-5-6-12(20)11(19)7-9/h5-7,13H,2-4,8H2,1H3,(H2,21,22,25,26)/t13-/m0/s1. The fraction of sp³-hybridized carbons (Fsp3) is 0.333. The second-order valence-corrected chi connectivity index (χ2v) is 7.85. The highest BCUT2D eigenvalue weighted by atomic mass is 35.5. The number of anilines is 1. The zero-order valence-electron chi connectivity index (χ0n) is 14.9. The Morgan fingerprint density at radius 2 is 2.14 bits per heavy atom. The molecule has 0 saturated carbocycles. The minimum absolute atomic E-state index is 0.0490. The summed E-state index contributed by atoms with van der Waals surface area (Å²) in [4.78, 5) is 44.5. The van der Waals surface area contributed by atoms with Gasteiger partial charge in [0.25, 0.3) is 5.56 Å². The first kappa shape index (κ1) is 20.3. The number of unbranched alkanes of at least 4 members (excludes halogenated alkanes) is 1. The van der Waals surface area contributed by atoms with Crippen molar-refractivity contribution < 1.29 is 19.1 Å². The molecular weight excluding hydrogens is 409 g/mol. The van der Waals surface area contributed by atoms with Crippen LogP contribution >= 0.6 is 23.4 Å². The van der Waals surface area contributed by atoms with E-state index in [1.807, 2.05) is 6.92 Å². The molecule has 0 spiro atoms. The SMILES string of the molecule is CCCCc1c(O)nc(S[C@H]2CC(=O)N(c3ccc(F)c(Cl)c3)C2=O)[nH]c1=O. The van der Waals surface area contributed by atoms with E-state index in [-0.39, 0.29) is 33.7 Å². The van der Waals surface area contributed by atoms with E-state index in [0.29, 0.717) is 6.42 Å². The first-order valence-electron chi connectivity index (χ1n) is 8.62. The van der Waals surface area contributed by atoms with E-state index >= 15 is 0 Å². The van der Waals surface area contributed by atoms with Crippen LogP contribution in [0.2, 0.25) is 5.02 Å². The van der Waals surface area contributed by atoms with Crippen LogP contribution in [0.3, 0.4) is 0 Å². The molecule has 1 atom stereocenters. The molecular formula is C18H17ClFN3O4S. The van der Waals surface area contributed by atoms with E-state index in [0.717, 1.165) is 35.6 Å². The van der Waals surface area contributed by atoms with Crippen LogP contribution in [0.4, 0.5) is 10.1 Å². The first-order chi connectivity index (χ1) is 13.3. The van der Waals surface area contributed by atoms with E-state index < -0.39 is 28.4 Å². The lowest BCUT2D eigenvalue weighted by Gasteiger charge is -2.15. The Hall–Kier alpha value is -2.39. The Morgan fingerprint density at radius 1 is 1.39 bits per heavy atom. The van der Waals surface area contributed by atoms with E-state index in [2.05, 4.69) is 9.97 Å². The average molecular weight is 426 g/mol. The van der Waals surface area contributed by atoms with Crippen molar-refractivity contribution in [3.05, 3.63) is 45.0 Å². The van der Waals surface area contributed by atoms with Crippen LogP contribution in [0.1, 0.15) is 31.7 Å². The number of H-pyrrole nitrogens is 1. The van der Waals surface area contributed by atoms with Gasteiger partial charge in [-0.2, -0.15) is 4.98 Å². The molecule has 2 N–H and O–H groups in total. The lowest BCUT2D eigenvalue weighted by atomic mass is 10.1. The molecule has 0 aliphatic carbocycles. The second kappa shape index (κ2) is 8.32. The predicted octanol–water partition coefficient (Wildman–Crippen LogP) is 3.03. The Balaban J connectivity index is 1.80. The molecule has 0 bridgehead atoms. The van der Waals surface area contributed by atoms with Gasteiger partial charge in [-0.25, -0.2) is 9.29 Å². The number of benzene rings is 1. The number of hydrogen-bond donors (Lipinski definition) is 2. The molecule has 0 unspecified atom stereocenters. The van der Waals surface area contributed by atoms with Gasteiger partial charge in [0.2, 0.25) is 17.7 Å². The highest BCUT2D eigenvalue weighted by molar-refractivity contribution is 8.00. The summed E-state index contributed by atoms with van der Waals surface area (Å²) in [5.74, 6) is -2.04. The number of amides is 2. The normalized spacial score (nSPS) is 16.8. The second-order valence-electron chi connectivity index (χ2n) is 6.25. The van der Waals surface area contributed by atoms with E-state index in [4.69, 9.17) is 11.6 Å². The molecule has 1 saturated heterocycles. The van der Waals surface area contributed by atoms with Crippen molar-refractivity contribution in [2.45, 2.75) is 43.0 Å². The zero-order valence-corrected chi connectivity index (χ0v) is 16.4. The summed E-state index contributed by atoms with van der Waals surface area (Å²) >= 11 is 6.62. The number of nitrogens with zero attached hydrogens (tertiary/aromatic N) is 2. The summed E-state index contributed by atoms with van der Waals surface area (Å²) < 4.78 is 13.3. The molecule has 3 rings (SSSR count). The van der Waals surface area contributed by atoms with Crippen LogP contribution in [0.15, 0.2) is 28.2 Å². The first-order valence-corrected chi connectivity index (χ1v) is 9.88.